The minimum Gasteiger partial charge on any atom is -0.361 e. The molecule has 2 aromatic carbocycles. The Morgan fingerprint density at radius 1 is 1.10 bits per heavy atom. The number of nitrogens with one attached hydrogen (secondary N) is 2. The van der Waals surface area contributed by atoms with Crippen LogP contribution in [0, 0.1) is 17.6 Å². The van der Waals surface area contributed by atoms with Gasteiger partial charge in [0.2, 0.25) is 11.8 Å². The van der Waals surface area contributed by atoms with Gasteiger partial charge in [-0.3, -0.25) is 9.59 Å². The standard InChI is InChI=1S/C22H21F2N3O2/c23-16-5-6-20(18(24)12-16)26-22(29)14-7-9-27(10-8-14)21(28)11-15-13-25-19-4-2-1-3-17(15)19/h1-6,12-14,25H,7-11H2,(H,26,29). The van der Waals surface area contributed by atoms with Crippen LogP contribution in [0.2, 0.25) is 0 Å². The van der Waals surface area contributed by atoms with Gasteiger partial charge in [0.05, 0.1) is 12.1 Å². The van der Waals surface area contributed by atoms with E-state index < -0.39 is 11.6 Å². The van der Waals surface area contributed by atoms with Crippen LogP contribution in [0.25, 0.3) is 10.9 Å². The Morgan fingerprint density at radius 2 is 1.86 bits per heavy atom. The molecule has 0 aliphatic carbocycles. The van der Waals surface area contributed by atoms with Gasteiger partial charge in [0.25, 0.3) is 0 Å². The largest absolute Gasteiger partial charge is 0.361 e. The third-order valence-corrected chi connectivity index (χ3v) is 5.42. The quantitative estimate of drug-likeness (QED) is 0.702. The highest BCUT2D eigenvalue weighted by molar-refractivity contribution is 5.93. The first-order valence-electron chi connectivity index (χ1n) is 9.60. The number of nitrogens with zero attached hydrogens (tertiary/aromatic N) is 1. The molecule has 0 spiro atoms. The minimum absolute atomic E-state index is 0.0261. The van der Waals surface area contributed by atoms with E-state index in [0.29, 0.717) is 32.4 Å². The van der Waals surface area contributed by atoms with Crippen LogP contribution in [0.15, 0.2) is 48.7 Å². The van der Waals surface area contributed by atoms with Gasteiger partial charge in [-0.2, -0.15) is 0 Å². The molecule has 0 atom stereocenters. The van der Waals surface area contributed by atoms with E-state index in [1.807, 2.05) is 30.5 Å². The topological polar surface area (TPSA) is 65.2 Å². The first kappa shape index (κ1) is 19.1. The number of anilines is 1. The molecule has 3 aromatic rings. The number of piperidine rings is 1. The van der Waals surface area contributed by atoms with Crippen LogP contribution in [-0.2, 0) is 16.0 Å². The monoisotopic (exact) mass is 397 g/mol. The van der Waals surface area contributed by atoms with Crippen LogP contribution in [-0.4, -0.2) is 34.8 Å². The Balaban J connectivity index is 1.32. The maximum absolute atomic E-state index is 13.7. The number of benzene rings is 2. The van der Waals surface area contributed by atoms with Gasteiger partial charge in [0, 0.05) is 42.2 Å². The summed E-state index contributed by atoms with van der Waals surface area (Å²) in [7, 11) is 0. The molecule has 1 aliphatic heterocycles. The highest BCUT2D eigenvalue weighted by atomic mass is 19.1. The normalized spacial score (nSPS) is 14.9. The van der Waals surface area contributed by atoms with Crippen LogP contribution in [0.5, 0.6) is 0 Å². The van der Waals surface area contributed by atoms with Gasteiger partial charge in [-0.15, -0.1) is 0 Å². The van der Waals surface area contributed by atoms with E-state index in [4.69, 9.17) is 0 Å². The van der Waals surface area contributed by atoms with Gasteiger partial charge < -0.3 is 15.2 Å². The molecule has 150 valence electrons. The lowest BCUT2D eigenvalue weighted by atomic mass is 9.95. The van der Waals surface area contributed by atoms with Crippen molar-refractivity contribution < 1.29 is 18.4 Å². The van der Waals surface area contributed by atoms with Crippen molar-refractivity contribution in [2.45, 2.75) is 19.3 Å². The van der Waals surface area contributed by atoms with Crippen molar-refractivity contribution in [2.24, 2.45) is 5.92 Å². The fourth-order valence-corrected chi connectivity index (χ4v) is 3.77. The van der Waals surface area contributed by atoms with Crippen molar-refractivity contribution in [3.05, 3.63) is 65.9 Å². The number of hydrogen-bond acceptors (Lipinski definition) is 2. The predicted molar refractivity (Wildman–Crippen MR) is 106 cm³/mol. The van der Waals surface area contributed by atoms with E-state index in [-0.39, 0.29) is 23.4 Å². The van der Waals surface area contributed by atoms with Crippen molar-refractivity contribution in [1.82, 2.24) is 9.88 Å². The van der Waals surface area contributed by atoms with E-state index >= 15 is 0 Å². The second-order valence-electron chi connectivity index (χ2n) is 7.30. The third-order valence-electron chi connectivity index (χ3n) is 5.42. The van der Waals surface area contributed by atoms with Crippen molar-refractivity contribution in [3.63, 3.8) is 0 Å². The number of carbonyl (C=O) groups is 2. The Hall–Kier alpha value is -3.22. The zero-order valence-electron chi connectivity index (χ0n) is 15.8. The van der Waals surface area contributed by atoms with Crippen molar-refractivity contribution in [1.29, 1.82) is 0 Å². The van der Waals surface area contributed by atoms with Crippen molar-refractivity contribution in [2.75, 3.05) is 18.4 Å². The molecule has 29 heavy (non-hydrogen) atoms. The SMILES string of the molecule is O=C(Nc1ccc(F)cc1F)C1CCN(C(=O)Cc2c[nH]c3ccccc23)CC1. The van der Waals surface area contributed by atoms with Crippen molar-refractivity contribution >= 4 is 28.4 Å². The average molecular weight is 397 g/mol. The number of halogens is 2. The second-order valence-corrected chi connectivity index (χ2v) is 7.30. The number of aromatic amines is 1. The van der Waals surface area contributed by atoms with Crippen LogP contribution in [0.4, 0.5) is 14.5 Å². The van der Waals surface area contributed by atoms with E-state index in [0.717, 1.165) is 28.6 Å². The number of fused-ring (bicyclic) bond motifs is 1. The van der Waals surface area contributed by atoms with E-state index in [1.54, 1.807) is 4.90 Å². The van der Waals surface area contributed by atoms with Gasteiger partial charge in [-0.1, -0.05) is 18.2 Å². The average Bonchev–Trinajstić information content (AvgIpc) is 3.13. The van der Waals surface area contributed by atoms with Gasteiger partial charge in [0.15, 0.2) is 0 Å². The zero-order valence-corrected chi connectivity index (χ0v) is 15.8. The molecule has 7 heteroatoms. The van der Waals surface area contributed by atoms with Gasteiger partial charge in [-0.05, 0) is 36.6 Å². The summed E-state index contributed by atoms with van der Waals surface area (Å²) in [6, 6.07) is 10.9. The lowest BCUT2D eigenvalue weighted by molar-refractivity contribution is -0.133. The van der Waals surface area contributed by atoms with Gasteiger partial charge in [0.1, 0.15) is 11.6 Å². The molecule has 1 fully saturated rings. The molecule has 0 unspecified atom stereocenters. The van der Waals surface area contributed by atoms with Gasteiger partial charge in [-0.25, -0.2) is 8.78 Å². The Kier molecular flexibility index (Phi) is 5.29. The fourth-order valence-electron chi connectivity index (χ4n) is 3.77. The highest BCUT2D eigenvalue weighted by Gasteiger charge is 2.28. The summed E-state index contributed by atoms with van der Waals surface area (Å²) in [4.78, 5) is 30.0. The molecule has 4 rings (SSSR count). The van der Waals surface area contributed by atoms with E-state index in [9.17, 15) is 18.4 Å². The smallest absolute Gasteiger partial charge is 0.227 e. The van der Waals surface area contributed by atoms with Gasteiger partial charge >= 0.3 is 0 Å². The van der Waals surface area contributed by atoms with E-state index in [1.165, 1.54) is 6.07 Å². The predicted octanol–water partition coefficient (Wildman–Crippen LogP) is 3.87. The molecule has 0 radical (unpaired) electrons. The molecular formula is C22H21F2N3O2. The molecule has 5 nitrogen and oxygen atoms in total. The van der Waals surface area contributed by atoms with Crippen LogP contribution < -0.4 is 5.32 Å². The lowest BCUT2D eigenvalue weighted by Crippen LogP contribution is -2.42. The van der Waals surface area contributed by atoms with Crippen LogP contribution >= 0.6 is 0 Å². The lowest BCUT2D eigenvalue weighted by Gasteiger charge is -2.31. The Morgan fingerprint density at radius 3 is 2.62 bits per heavy atom. The number of H-pyrrole nitrogens is 1. The molecule has 2 heterocycles. The zero-order chi connectivity index (χ0) is 20.4. The number of amides is 2. The number of aromatic nitrogens is 1. The summed E-state index contributed by atoms with van der Waals surface area (Å²) in [5.74, 6) is -2.08. The molecule has 2 N–H and O–H groups in total. The summed E-state index contributed by atoms with van der Waals surface area (Å²) in [5, 5.41) is 3.56. The molecule has 1 aliphatic rings. The second kappa shape index (κ2) is 8.03. The van der Waals surface area contributed by atoms with Crippen LogP contribution in [0.3, 0.4) is 0 Å². The molecular weight excluding hydrogens is 376 g/mol. The summed E-state index contributed by atoms with van der Waals surface area (Å²) in [6.45, 7) is 0.955. The summed E-state index contributed by atoms with van der Waals surface area (Å²) in [5.41, 5.74) is 1.92. The maximum atomic E-state index is 13.7. The number of likely N-dealkylation sites (tertiary alicyclic amines) is 1. The summed E-state index contributed by atoms with van der Waals surface area (Å²) in [6.07, 6.45) is 3.18. The maximum Gasteiger partial charge on any atom is 0.227 e. The highest BCUT2D eigenvalue weighted by Crippen LogP contribution is 2.23. The molecule has 0 bridgehead atoms. The van der Waals surface area contributed by atoms with E-state index in [2.05, 4.69) is 10.3 Å². The molecule has 2 amide bonds. The first-order valence-corrected chi connectivity index (χ1v) is 9.60. The molecule has 1 saturated heterocycles. The fraction of sp³-hybridized carbons (Fsp3) is 0.273. The van der Waals surface area contributed by atoms with Crippen molar-refractivity contribution in [3.8, 4) is 0 Å². The summed E-state index contributed by atoms with van der Waals surface area (Å²) >= 11 is 0. The number of rotatable bonds is 4. The van der Waals surface area contributed by atoms with Crippen LogP contribution in [0.1, 0.15) is 18.4 Å². The molecule has 1 aromatic heterocycles. The number of hydrogen-bond donors (Lipinski definition) is 2. The first-order chi connectivity index (χ1) is 14.0. The number of para-hydroxylation sites is 1. The third kappa shape index (κ3) is 4.13. The summed E-state index contributed by atoms with van der Waals surface area (Å²) < 4.78 is 26.7. The molecule has 0 saturated carbocycles. The Bertz CT molecular complexity index is 1060. The minimum atomic E-state index is -0.801. The number of carbonyl (C=O) groups excluding carboxylic acids is 2. The Labute approximate surface area is 166 Å².